The standard InChI is InChI=1S/C11H24N2/c1-5-6-7-13-9-10(12-4)8-11(13,2)3/h10,12H,5-9H2,1-4H3. The van der Waals surface area contributed by atoms with Crippen molar-refractivity contribution < 1.29 is 0 Å². The molecule has 1 N–H and O–H groups in total. The van der Waals surface area contributed by atoms with Crippen molar-refractivity contribution in [3.8, 4) is 0 Å². The monoisotopic (exact) mass is 184 g/mol. The molecule has 78 valence electrons. The van der Waals surface area contributed by atoms with E-state index in [0.717, 1.165) is 0 Å². The molecule has 0 aromatic heterocycles. The van der Waals surface area contributed by atoms with E-state index in [1.165, 1.54) is 32.4 Å². The number of nitrogens with zero attached hydrogens (tertiary/aromatic N) is 1. The molecule has 1 rings (SSSR count). The lowest BCUT2D eigenvalue weighted by Gasteiger charge is -2.31. The molecule has 1 saturated heterocycles. The lowest BCUT2D eigenvalue weighted by atomic mass is 10.0. The maximum atomic E-state index is 3.38. The van der Waals surface area contributed by atoms with Crippen LogP contribution in [0.2, 0.25) is 0 Å². The van der Waals surface area contributed by atoms with Crippen molar-refractivity contribution in [1.29, 1.82) is 0 Å². The molecule has 0 spiro atoms. The molecule has 0 aromatic rings. The number of hydrogen-bond donors (Lipinski definition) is 1. The van der Waals surface area contributed by atoms with E-state index in [4.69, 9.17) is 0 Å². The van der Waals surface area contributed by atoms with Crippen LogP contribution in [-0.4, -0.2) is 36.6 Å². The molecular formula is C11H24N2. The van der Waals surface area contributed by atoms with E-state index in [9.17, 15) is 0 Å². The Morgan fingerprint density at radius 2 is 2.15 bits per heavy atom. The van der Waals surface area contributed by atoms with Gasteiger partial charge in [-0.05, 0) is 40.3 Å². The van der Waals surface area contributed by atoms with Crippen molar-refractivity contribution in [3.63, 3.8) is 0 Å². The van der Waals surface area contributed by atoms with E-state index < -0.39 is 0 Å². The van der Waals surface area contributed by atoms with Crippen molar-refractivity contribution in [2.75, 3.05) is 20.1 Å². The van der Waals surface area contributed by atoms with Crippen LogP contribution in [0.1, 0.15) is 40.0 Å². The van der Waals surface area contributed by atoms with Gasteiger partial charge in [-0.15, -0.1) is 0 Å². The van der Waals surface area contributed by atoms with E-state index >= 15 is 0 Å². The maximum absolute atomic E-state index is 3.38. The molecule has 2 heteroatoms. The molecule has 1 fully saturated rings. The molecule has 1 heterocycles. The van der Waals surface area contributed by atoms with E-state index in [0.29, 0.717) is 11.6 Å². The summed E-state index contributed by atoms with van der Waals surface area (Å²) < 4.78 is 0. The molecule has 0 bridgehead atoms. The maximum Gasteiger partial charge on any atom is 0.0209 e. The quantitative estimate of drug-likeness (QED) is 0.717. The van der Waals surface area contributed by atoms with Crippen LogP contribution in [0.3, 0.4) is 0 Å². The van der Waals surface area contributed by atoms with Gasteiger partial charge in [0.05, 0.1) is 0 Å². The first-order chi connectivity index (χ1) is 6.10. The zero-order valence-corrected chi connectivity index (χ0v) is 9.56. The van der Waals surface area contributed by atoms with E-state index in [2.05, 4.69) is 38.0 Å². The predicted molar refractivity (Wildman–Crippen MR) is 58.0 cm³/mol. The predicted octanol–water partition coefficient (Wildman–Crippen LogP) is 1.86. The van der Waals surface area contributed by atoms with Crippen molar-refractivity contribution in [3.05, 3.63) is 0 Å². The lowest BCUT2D eigenvalue weighted by molar-refractivity contribution is 0.172. The van der Waals surface area contributed by atoms with Crippen LogP contribution in [0.25, 0.3) is 0 Å². The highest BCUT2D eigenvalue weighted by atomic mass is 15.2. The first-order valence-corrected chi connectivity index (χ1v) is 5.52. The normalized spacial score (nSPS) is 28.2. The van der Waals surface area contributed by atoms with Crippen LogP contribution < -0.4 is 5.32 Å². The first-order valence-electron chi connectivity index (χ1n) is 5.52. The summed E-state index contributed by atoms with van der Waals surface area (Å²) in [6.07, 6.45) is 3.92. The minimum atomic E-state index is 0.406. The van der Waals surface area contributed by atoms with Crippen molar-refractivity contribution in [1.82, 2.24) is 10.2 Å². The number of rotatable bonds is 4. The summed E-state index contributed by atoms with van der Waals surface area (Å²) in [5.74, 6) is 0. The van der Waals surface area contributed by atoms with Gasteiger partial charge in [-0.2, -0.15) is 0 Å². The molecule has 1 aliphatic rings. The van der Waals surface area contributed by atoms with E-state index in [-0.39, 0.29) is 0 Å². The van der Waals surface area contributed by atoms with Gasteiger partial charge in [0.15, 0.2) is 0 Å². The number of likely N-dealkylation sites (N-methyl/N-ethyl adjacent to an activating group) is 1. The second-order valence-electron chi connectivity index (χ2n) is 4.80. The molecule has 0 amide bonds. The fourth-order valence-corrected chi connectivity index (χ4v) is 2.25. The van der Waals surface area contributed by atoms with Gasteiger partial charge in [0.1, 0.15) is 0 Å². The SMILES string of the molecule is CCCCN1CC(NC)CC1(C)C. The summed E-state index contributed by atoms with van der Waals surface area (Å²) in [5, 5.41) is 3.38. The fraction of sp³-hybridized carbons (Fsp3) is 1.00. The minimum absolute atomic E-state index is 0.406. The fourth-order valence-electron chi connectivity index (χ4n) is 2.25. The molecule has 1 atom stereocenters. The first kappa shape index (κ1) is 11.0. The lowest BCUT2D eigenvalue weighted by Crippen LogP contribution is -2.38. The second kappa shape index (κ2) is 4.43. The number of hydrogen-bond acceptors (Lipinski definition) is 2. The van der Waals surface area contributed by atoms with Crippen LogP contribution in [0.5, 0.6) is 0 Å². The molecule has 1 unspecified atom stereocenters. The topological polar surface area (TPSA) is 15.3 Å². The van der Waals surface area contributed by atoms with Crippen LogP contribution in [0, 0.1) is 0 Å². The zero-order chi connectivity index (χ0) is 9.90. The number of nitrogens with one attached hydrogen (secondary N) is 1. The summed E-state index contributed by atoms with van der Waals surface area (Å²) in [6, 6.07) is 0.701. The third-order valence-corrected chi connectivity index (χ3v) is 3.23. The Morgan fingerprint density at radius 1 is 1.46 bits per heavy atom. The van der Waals surface area contributed by atoms with Gasteiger partial charge >= 0.3 is 0 Å². The zero-order valence-electron chi connectivity index (χ0n) is 9.56. The summed E-state index contributed by atoms with van der Waals surface area (Å²) >= 11 is 0. The second-order valence-corrected chi connectivity index (χ2v) is 4.80. The Morgan fingerprint density at radius 3 is 2.62 bits per heavy atom. The average molecular weight is 184 g/mol. The molecule has 1 aliphatic heterocycles. The van der Waals surface area contributed by atoms with Crippen LogP contribution >= 0.6 is 0 Å². The Hall–Kier alpha value is -0.0800. The average Bonchev–Trinajstić information content (AvgIpc) is 2.37. The van der Waals surface area contributed by atoms with Gasteiger partial charge in [-0.3, -0.25) is 4.90 Å². The van der Waals surface area contributed by atoms with Gasteiger partial charge in [0.2, 0.25) is 0 Å². The van der Waals surface area contributed by atoms with E-state index in [1.807, 2.05) is 0 Å². The smallest absolute Gasteiger partial charge is 0.0209 e. The van der Waals surface area contributed by atoms with Crippen LogP contribution in [0.15, 0.2) is 0 Å². The molecule has 0 aliphatic carbocycles. The Bertz CT molecular complexity index is 154. The van der Waals surface area contributed by atoms with Crippen molar-refractivity contribution in [2.45, 2.75) is 51.6 Å². The summed E-state index contributed by atoms with van der Waals surface area (Å²) in [4.78, 5) is 2.62. The molecular weight excluding hydrogens is 160 g/mol. The Balaban J connectivity index is 2.44. The number of likely N-dealkylation sites (tertiary alicyclic amines) is 1. The van der Waals surface area contributed by atoms with Gasteiger partial charge in [0.25, 0.3) is 0 Å². The van der Waals surface area contributed by atoms with Gasteiger partial charge in [0, 0.05) is 18.1 Å². The van der Waals surface area contributed by atoms with E-state index in [1.54, 1.807) is 0 Å². The minimum Gasteiger partial charge on any atom is -0.316 e. The van der Waals surface area contributed by atoms with Gasteiger partial charge in [-0.25, -0.2) is 0 Å². The third kappa shape index (κ3) is 2.68. The number of unbranched alkanes of at least 4 members (excludes halogenated alkanes) is 1. The Labute approximate surface area is 82.7 Å². The summed E-state index contributed by atoms with van der Waals surface area (Å²) in [6.45, 7) is 9.48. The highest BCUT2D eigenvalue weighted by Gasteiger charge is 2.36. The summed E-state index contributed by atoms with van der Waals surface area (Å²) in [7, 11) is 2.07. The highest BCUT2D eigenvalue weighted by molar-refractivity contribution is 4.95. The molecule has 2 nitrogen and oxygen atoms in total. The third-order valence-electron chi connectivity index (χ3n) is 3.23. The van der Waals surface area contributed by atoms with Crippen LogP contribution in [-0.2, 0) is 0 Å². The van der Waals surface area contributed by atoms with Crippen molar-refractivity contribution >= 4 is 0 Å². The van der Waals surface area contributed by atoms with Crippen LogP contribution in [0.4, 0.5) is 0 Å². The highest BCUT2D eigenvalue weighted by Crippen LogP contribution is 2.28. The summed E-state index contributed by atoms with van der Waals surface area (Å²) in [5.41, 5.74) is 0.406. The van der Waals surface area contributed by atoms with Gasteiger partial charge in [-0.1, -0.05) is 13.3 Å². The largest absolute Gasteiger partial charge is 0.316 e. The molecule has 0 saturated carbocycles. The van der Waals surface area contributed by atoms with Crippen molar-refractivity contribution in [2.24, 2.45) is 0 Å². The molecule has 13 heavy (non-hydrogen) atoms. The molecule has 0 radical (unpaired) electrons. The Kier molecular flexibility index (Phi) is 3.74. The van der Waals surface area contributed by atoms with Gasteiger partial charge < -0.3 is 5.32 Å². The molecule has 0 aromatic carbocycles.